The minimum atomic E-state index is -4.83. The van der Waals surface area contributed by atoms with E-state index in [1.807, 2.05) is 0 Å². The Morgan fingerprint density at radius 3 is 2.36 bits per heavy atom. The van der Waals surface area contributed by atoms with Gasteiger partial charge in [0.05, 0.1) is 4.90 Å². The molecule has 0 aliphatic heterocycles. The number of para-hydroxylation sites is 1. The van der Waals surface area contributed by atoms with Gasteiger partial charge in [-0.05, 0) is 36.9 Å². The average Bonchev–Trinajstić information content (AvgIpc) is 2.65. The first-order valence-corrected chi connectivity index (χ1v) is 9.42. The molecule has 0 spiro atoms. The smallest absolute Gasteiger partial charge is 0.405 e. The maximum atomic E-state index is 12.4. The molecule has 1 amide bonds. The summed E-state index contributed by atoms with van der Waals surface area (Å²) in [6.45, 7) is 0.115. The zero-order valence-corrected chi connectivity index (χ0v) is 15.5. The third-order valence-electron chi connectivity index (χ3n) is 3.53. The third kappa shape index (κ3) is 6.39. The van der Waals surface area contributed by atoms with Crippen LogP contribution in [0, 0.1) is 0 Å². The highest BCUT2D eigenvalue weighted by Gasteiger charge is 2.31. The standard InChI is InChI=1S/C18H17F3N2O4S/c1-22-28(25,26)15-9-6-13(7-10-15)12-23-17(24)11-8-14-4-2-3-5-16(14)27-18(19,20)21/h2-11,22H,12H2,1H3,(H,23,24)/b11-8+. The Kier molecular flexibility index (Phi) is 6.81. The molecule has 10 heteroatoms. The number of sulfonamides is 1. The molecule has 0 fully saturated rings. The summed E-state index contributed by atoms with van der Waals surface area (Å²) >= 11 is 0. The number of ether oxygens (including phenoxy) is 1. The molecule has 2 aromatic carbocycles. The van der Waals surface area contributed by atoms with Crippen LogP contribution in [-0.2, 0) is 21.4 Å². The largest absolute Gasteiger partial charge is 0.573 e. The SMILES string of the molecule is CNS(=O)(=O)c1ccc(CNC(=O)/C=C/c2ccccc2OC(F)(F)F)cc1. The number of benzene rings is 2. The van der Waals surface area contributed by atoms with E-state index in [0.717, 1.165) is 12.1 Å². The van der Waals surface area contributed by atoms with E-state index >= 15 is 0 Å². The van der Waals surface area contributed by atoms with Crippen LogP contribution in [0.15, 0.2) is 59.5 Å². The van der Waals surface area contributed by atoms with E-state index in [2.05, 4.69) is 14.8 Å². The molecule has 0 bridgehead atoms. The van der Waals surface area contributed by atoms with Crippen molar-refractivity contribution in [2.45, 2.75) is 17.8 Å². The molecule has 0 saturated heterocycles. The maximum Gasteiger partial charge on any atom is 0.573 e. The molecule has 0 heterocycles. The zero-order valence-electron chi connectivity index (χ0n) is 14.7. The summed E-state index contributed by atoms with van der Waals surface area (Å²) < 4.78 is 66.5. The number of hydrogen-bond donors (Lipinski definition) is 2. The van der Waals surface area contributed by atoms with E-state index in [-0.39, 0.29) is 17.0 Å². The fourth-order valence-electron chi connectivity index (χ4n) is 2.15. The normalized spacial score (nSPS) is 12.1. The Bertz CT molecular complexity index is 956. The molecule has 0 atom stereocenters. The summed E-state index contributed by atoms with van der Waals surface area (Å²) in [5.41, 5.74) is 0.745. The lowest BCUT2D eigenvalue weighted by Gasteiger charge is -2.11. The number of carbonyl (C=O) groups excluding carboxylic acids is 1. The van der Waals surface area contributed by atoms with Crippen LogP contribution >= 0.6 is 0 Å². The van der Waals surface area contributed by atoms with Crippen molar-refractivity contribution >= 4 is 22.0 Å². The summed E-state index contributed by atoms with van der Waals surface area (Å²) in [6, 6.07) is 11.3. The fraction of sp³-hybridized carbons (Fsp3) is 0.167. The van der Waals surface area contributed by atoms with Gasteiger partial charge in [-0.15, -0.1) is 13.2 Å². The summed E-state index contributed by atoms with van der Waals surface area (Å²) in [6.07, 6.45) is -2.55. The molecule has 28 heavy (non-hydrogen) atoms. The number of nitrogens with one attached hydrogen (secondary N) is 2. The van der Waals surface area contributed by atoms with Gasteiger partial charge in [0, 0.05) is 18.2 Å². The summed E-state index contributed by atoms with van der Waals surface area (Å²) in [4.78, 5) is 12.0. The highest BCUT2D eigenvalue weighted by atomic mass is 32.2. The third-order valence-corrected chi connectivity index (χ3v) is 4.96. The minimum absolute atomic E-state index is 0.0891. The predicted octanol–water partition coefficient (Wildman–Crippen LogP) is 2.82. The van der Waals surface area contributed by atoms with Gasteiger partial charge in [0.25, 0.3) is 0 Å². The van der Waals surface area contributed by atoms with Gasteiger partial charge in [0.2, 0.25) is 15.9 Å². The van der Waals surface area contributed by atoms with Gasteiger partial charge in [0.1, 0.15) is 5.75 Å². The van der Waals surface area contributed by atoms with Crippen molar-refractivity contribution in [1.82, 2.24) is 10.0 Å². The van der Waals surface area contributed by atoms with Crippen molar-refractivity contribution in [3.63, 3.8) is 0 Å². The van der Waals surface area contributed by atoms with Crippen LogP contribution in [0.2, 0.25) is 0 Å². The highest BCUT2D eigenvalue weighted by Crippen LogP contribution is 2.26. The second-order valence-corrected chi connectivity index (χ2v) is 7.37. The van der Waals surface area contributed by atoms with E-state index in [1.54, 1.807) is 12.1 Å². The van der Waals surface area contributed by atoms with Gasteiger partial charge >= 0.3 is 6.36 Å². The lowest BCUT2D eigenvalue weighted by atomic mass is 10.2. The number of carbonyl (C=O) groups is 1. The number of hydrogen-bond acceptors (Lipinski definition) is 4. The van der Waals surface area contributed by atoms with Crippen LogP contribution in [0.5, 0.6) is 5.75 Å². The lowest BCUT2D eigenvalue weighted by molar-refractivity contribution is -0.274. The second kappa shape index (κ2) is 8.89. The van der Waals surface area contributed by atoms with Gasteiger partial charge in [-0.1, -0.05) is 30.3 Å². The Balaban J connectivity index is 1.98. The van der Waals surface area contributed by atoms with Gasteiger partial charge in [0.15, 0.2) is 0 Å². The molecule has 150 valence electrons. The van der Waals surface area contributed by atoms with Crippen LogP contribution in [-0.4, -0.2) is 27.7 Å². The van der Waals surface area contributed by atoms with Gasteiger partial charge in [-0.2, -0.15) is 0 Å². The quantitative estimate of drug-likeness (QED) is 0.683. The summed E-state index contributed by atoms with van der Waals surface area (Å²) in [7, 11) is -2.24. The van der Waals surface area contributed by atoms with Crippen molar-refractivity contribution < 1.29 is 31.1 Å². The van der Waals surface area contributed by atoms with E-state index in [4.69, 9.17) is 0 Å². The summed E-state index contributed by atoms with van der Waals surface area (Å²) in [5, 5.41) is 2.56. The van der Waals surface area contributed by atoms with Gasteiger partial charge in [-0.3, -0.25) is 4.79 Å². The van der Waals surface area contributed by atoms with Gasteiger partial charge < -0.3 is 10.1 Å². The highest BCUT2D eigenvalue weighted by molar-refractivity contribution is 7.89. The Hall–Kier alpha value is -2.85. The minimum Gasteiger partial charge on any atom is -0.405 e. The first kappa shape index (κ1) is 21.5. The maximum absolute atomic E-state index is 12.4. The monoisotopic (exact) mass is 414 g/mol. The van der Waals surface area contributed by atoms with Crippen molar-refractivity contribution in [2.75, 3.05) is 7.05 Å². The Labute approximate surface area is 160 Å². The average molecular weight is 414 g/mol. The second-order valence-electron chi connectivity index (χ2n) is 5.49. The van der Waals surface area contributed by atoms with Crippen LogP contribution in [0.1, 0.15) is 11.1 Å². The van der Waals surface area contributed by atoms with Crippen molar-refractivity contribution in [1.29, 1.82) is 0 Å². The van der Waals surface area contributed by atoms with Crippen molar-refractivity contribution in [2.24, 2.45) is 0 Å². The Morgan fingerprint density at radius 2 is 1.75 bits per heavy atom. The van der Waals surface area contributed by atoms with E-state index in [1.165, 1.54) is 43.5 Å². The lowest BCUT2D eigenvalue weighted by Crippen LogP contribution is -2.21. The van der Waals surface area contributed by atoms with Crippen molar-refractivity contribution in [3.05, 3.63) is 65.7 Å². The molecule has 0 aliphatic carbocycles. The van der Waals surface area contributed by atoms with Gasteiger partial charge in [-0.25, -0.2) is 13.1 Å². The van der Waals surface area contributed by atoms with Crippen LogP contribution < -0.4 is 14.8 Å². The zero-order chi connectivity index (χ0) is 20.8. The fourth-order valence-corrected chi connectivity index (χ4v) is 2.88. The molecule has 0 aliphatic rings. The van der Waals surface area contributed by atoms with E-state index in [0.29, 0.717) is 5.56 Å². The molecule has 2 rings (SSSR count). The molecule has 0 saturated carbocycles. The molecule has 0 unspecified atom stereocenters. The van der Waals surface area contributed by atoms with Crippen LogP contribution in [0.4, 0.5) is 13.2 Å². The summed E-state index contributed by atoms with van der Waals surface area (Å²) in [5.74, 6) is -0.950. The van der Waals surface area contributed by atoms with Crippen LogP contribution in [0.25, 0.3) is 6.08 Å². The molecule has 0 radical (unpaired) electrons. The molecular formula is C18H17F3N2O4S. The molecular weight excluding hydrogens is 397 g/mol. The molecule has 2 aromatic rings. The molecule has 6 nitrogen and oxygen atoms in total. The first-order chi connectivity index (χ1) is 13.1. The number of alkyl halides is 3. The first-order valence-electron chi connectivity index (χ1n) is 7.94. The molecule has 2 N–H and O–H groups in total. The van der Waals surface area contributed by atoms with Crippen molar-refractivity contribution in [3.8, 4) is 5.75 Å². The van der Waals surface area contributed by atoms with E-state index < -0.39 is 28.0 Å². The Morgan fingerprint density at radius 1 is 1.11 bits per heavy atom. The number of halogens is 3. The topological polar surface area (TPSA) is 84.5 Å². The molecule has 0 aromatic heterocycles. The number of amides is 1. The predicted molar refractivity (Wildman–Crippen MR) is 96.7 cm³/mol. The van der Waals surface area contributed by atoms with E-state index in [9.17, 15) is 26.4 Å². The number of rotatable bonds is 7. The van der Waals surface area contributed by atoms with Crippen LogP contribution in [0.3, 0.4) is 0 Å².